The van der Waals surface area contributed by atoms with Crippen LogP contribution in [0.1, 0.15) is 12.8 Å². The molecule has 0 aliphatic heterocycles. The molecule has 0 bridgehead atoms. The van der Waals surface area contributed by atoms with Crippen LogP contribution >= 0.6 is 0 Å². The molecule has 0 saturated carbocycles. The Balaban J connectivity index is 2.45. The number of carbonyl (C=O) groups is 1. The van der Waals surface area contributed by atoms with Crippen LogP contribution in [0.3, 0.4) is 0 Å². The molecule has 0 radical (unpaired) electrons. The van der Waals surface area contributed by atoms with Crippen LogP contribution in [0.2, 0.25) is 0 Å². The Hall–Kier alpha value is -1.37. The topological polar surface area (TPSA) is 17.1 Å². The van der Waals surface area contributed by atoms with Crippen molar-refractivity contribution in [3.8, 4) is 0 Å². The predicted octanol–water partition coefficient (Wildman–Crippen LogP) is 2.33. The fourth-order valence-corrected chi connectivity index (χ4v) is 1.49. The number of allylic oxidation sites excluding steroid dienone is 8. The monoisotopic (exact) mass is 158 g/mol. The summed E-state index contributed by atoms with van der Waals surface area (Å²) in [6, 6.07) is 0. The Morgan fingerprint density at radius 3 is 2.83 bits per heavy atom. The minimum Gasteiger partial charge on any atom is -0.294 e. The molecule has 0 fully saturated rings. The summed E-state index contributed by atoms with van der Waals surface area (Å²) in [5.41, 5.74) is 2.04. The van der Waals surface area contributed by atoms with Crippen LogP contribution < -0.4 is 0 Å². The zero-order valence-corrected chi connectivity index (χ0v) is 6.79. The van der Waals surface area contributed by atoms with Crippen molar-refractivity contribution in [3.05, 3.63) is 47.6 Å². The molecule has 2 aliphatic rings. The van der Waals surface area contributed by atoms with Crippen molar-refractivity contribution in [1.29, 1.82) is 0 Å². The second-order valence-electron chi connectivity index (χ2n) is 2.96. The molecule has 2 aliphatic carbocycles. The van der Waals surface area contributed by atoms with Crippen LogP contribution in [0.4, 0.5) is 0 Å². The second kappa shape index (κ2) is 2.94. The van der Waals surface area contributed by atoms with E-state index in [1.165, 1.54) is 0 Å². The molecule has 60 valence electrons. The SMILES string of the molecule is O=C1CC=CC2=C1C=CC=CC2. The minimum absolute atomic E-state index is 0.243. The number of carbonyl (C=O) groups excluding carboxylic acids is 1. The van der Waals surface area contributed by atoms with Gasteiger partial charge in [-0.2, -0.15) is 0 Å². The molecule has 1 heteroatoms. The normalized spacial score (nSPS) is 21.2. The lowest BCUT2D eigenvalue weighted by atomic mass is 9.95. The van der Waals surface area contributed by atoms with Crippen LogP contribution in [0.15, 0.2) is 47.6 Å². The van der Waals surface area contributed by atoms with Gasteiger partial charge in [-0.25, -0.2) is 0 Å². The highest BCUT2D eigenvalue weighted by molar-refractivity contribution is 6.01. The molecule has 2 rings (SSSR count). The molecule has 0 heterocycles. The van der Waals surface area contributed by atoms with E-state index in [0.29, 0.717) is 6.42 Å². The first kappa shape index (κ1) is 7.29. The number of hydrogen-bond donors (Lipinski definition) is 0. The Morgan fingerprint density at radius 2 is 1.92 bits per heavy atom. The van der Waals surface area contributed by atoms with Gasteiger partial charge in [0.05, 0.1) is 0 Å². The third-order valence-corrected chi connectivity index (χ3v) is 2.12. The highest BCUT2D eigenvalue weighted by atomic mass is 16.1. The fourth-order valence-electron chi connectivity index (χ4n) is 1.49. The molecule has 0 aromatic carbocycles. The summed E-state index contributed by atoms with van der Waals surface area (Å²) < 4.78 is 0. The lowest BCUT2D eigenvalue weighted by Crippen LogP contribution is -2.05. The van der Waals surface area contributed by atoms with Crippen molar-refractivity contribution in [3.63, 3.8) is 0 Å². The summed E-state index contributed by atoms with van der Waals surface area (Å²) in [6.07, 6.45) is 13.3. The van der Waals surface area contributed by atoms with Crippen molar-refractivity contribution in [1.82, 2.24) is 0 Å². The summed E-state index contributed by atoms with van der Waals surface area (Å²) in [5, 5.41) is 0. The molecule has 0 N–H and O–H groups in total. The first-order valence-electron chi connectivity index (χ1n) is 4.14. The van der Waals surface area contributed by atoms with Gasteiger partial charge in [-0.1, -0.05) is 36.5 Å². The molecular weight excluding hydrogens is 148 g/mol. The van der Waals surface area contributed by atoms with Crippen LogP contribution in [-0.2, 0) is 4.79 Å². The van der Waals surface area contributed by atoms with Crippen molar-refractivity contribution in [2.24, 2.45) is 0 Å². The zero-order valence-electron chi connectivity index (χ0n) is 6.79. The molecule has 0 amide bonds. The largest absolute Gasteiger partial charge is 0.294 e. The van der Waals surface area contributed by atoms with Gasteiger partial charge in [0.25, 0.3) is 0 Å². The number of Topliss-reactive ketones (excluding diaryl/α,β-unsaturated/α-hetero) is 1. The maximum absolute atomic E-state index is 11.4. The number of rotatable bonds is 0. The Labute approximate surface area is 71.8 Å². The van der Waals surface area contributed by atoms with Gasteiger partial charge in [0.2, 0.25) is 0 Å². The summed E-state index contributed by atoms with van der Waals surface area (Å²) >= 11 is 0. The average molecular weight is 158 g/mol. The van der Waals surface area contributed by atoms with E-state index >= 15 is 0 Å². The highest BCUT2D eigenvalue weighted by Crippen LogP contribution is 2.22. The molecular formula is C11H10O. The first-order valence-corrected chi connectivity index (χ1v) is 4.14. The predicted molar refractivity (Wildman–Crippen MR) is 48.7 cm³/mol. The standard InChI is InChI=1S/C11H10O/c12-11-8-4-6-9-5-2-1-3-7-10(9)11/h1-4,6-7H,5,8H2. The molecule has 0 atom stereocenters. The summed E-state index contributed by atoms with van der Waals surface area (Å²) in [4.78, 5) is 11.4. The van der Waals surface area contributed by atoms with Gasteiger partial charge >= 0.3 is 0 Å². The van der Waals surface area contributed by atoms with Crippen LogP contribution in [0.5, 0.6) is 0 Å². The highest BCUT2D eigenvalue weighted by Gasteiger charge is 2.13. The van der Waals surface area contributed by atoms with Gasteiger partial charge < -0.3 is 0 Å². The summed E-state index contributed by atoms with van der Waals surface area (Å²) in [7, 11) is 0. The lowest BCUT2D eigenvalue weighted by molar-refractivity contribution is -0.114. The average Bonchev–Trinajstić information content (AvgIpc) is 2.30. The lowest BCUT2D eigenvalue weighted by Gasteiger charge is -2.08. The smallest absolute Gasteiger partial charge is 0.166 e. The Kier molecular flexibility index (Phi) is 1.78. The molecule has 0 aromatic heterocycles. The minimum atomic E-state index is 0.243. The van der Waals surface area contributed by atoms with Gasteiger partial charge in [-0.05, 0) is 12.0 Å². The molecule has 1 nitrogen and oxygen atoms in total. The van der Waals surface area contributed by atoms with Crippen LogP contribution in [0.25, 0.3) is 0 Å². The van der Waals surface area contributed by atoms with Gasteiger partial charge in [-0.3, -0.25) is 4.79 Å². The summed E-state index contributed by atoms with van der Waals surface area (Å²) in [5.74, 6) is 0.243. The second-order valence-corrected chi connectivity index (χ2v) is 2.96. The van der Waals surface area contributed by atoms with Gasteiger partial charge in [0.15, 0.2) is 5.78 Å². The first-order chi connectivity index (χ1) is 5.88. The fraction of sp³-hybridized carbons (Fsp3) is 0.182. The van der Waals surface area contributed by atoms with E-state index in [9.17, 15) is 4.79 Å². The van der Waals surface area contributed by atoms with Crippen molar-refractivity contribution < 1.29 is 4.79 Å². The van der Waals surface area contributed by atoms with Gasteiger partial charge in [0, 0.05) is 12.0 Å². The van der Waals surface area contributed by atoms with E-state index in [-0.39, 0.29) is 5.78 Å². The van der Waals surface area contributed by atoms with Crippen LogP contribution in [0, 0.1) is 0 Å². The molecule has 0 saturated heterocycles. The Morgan fingerprint density at radius 1 is 1.00 bits per heavy atom. The van der Waals surface area contributed by atoms with E-state index in [1.54, 1.807) is 0 Å². The maximum Gasteiger partial charge on any atom is 0.166 e. The third kappa shape index (κ3) is 1.18. The van der Waals surface area contributed by atoms with Crippen molar-refractivity contribution in [2.45, 2.75) is 12.8 Å². The third-order valence-electron chi connectivity index (χ3n) is 2.12. The quantitative estimate of drug-likeness (QED) is 0.528. The van der Waals surface area contributed by atoms with E-state index in [2.05, 4.69) is 12.2 Å². The van der Waals surface area contributed by atoms with E-state index < -0.39 is 0 Å². The van der Waals surface area contributed by atoms with Gasteiger partial charge in [-0.15, -0.1) is 0 Å². The van der Waals surface area contributed by atoms with Crippen molar-refractivity contribution >= 4 is 5.78 Å². The van der Waals surface area contributed by atoms with E-state index in [4.69, 9.17) is 0 Å². The molecule has 0 unspecified atom stereocenters. The summed E-state index contributed by atoms with van der Waals surface area (Å²) in [6.45, 7) is 0. The van der Waals surface area contributed by atoms with Gasteiger partial charge in [0.1, 0.15) is 0 Å². The Bertz CT molecular complexity index is 327. The maximum atomic E-state index is 11.4. The van der Waals surface area contributed by atoms with Crippen molar-refractivity contribution in [2.75, 3.05) is 0 Å². The van der Waals surface area contributed by atoms with Crippen LogP contribution in [-0.4, -0.2) is 5.78 Å². The molecule has 0 aromatic rings. The van der Waals surface area contributed by atoms with E-state index in [1.807, 2.05) is 24.3 Å². The molecule has 0 spiro atoms. The molecule has 12 heavy (non-hydrogen) atoms. The zero-order chi connectivity index (χ0) is 8.39. The number of hydrogen-bond acceptors (Lipinski definition) is 1. The van der Waals surface area contributed by atoms with E-state index in [0.717, 1.165) is 17.6 Å². The number of ketones is 1.